The predicted octanol–water partition coefficient (Wildman–Crippen LogP) is 12.4. The molecule has 0 heterocycles. The zero-order valence-corrected chi connectivity index (χ0v) is 26.8. The SMILES string of the molecule is C/C(=C\c1ccc(N(c2ccccc2)c2ccc(C)c(C)c2)cc1)c1ccc(N(c2ccccc2)c2ccc(C)c(C)c2)cc1. The van der Waals surface area contributed by atoms with Gasteiger partial charge in [0.25, 0.3) is 0 Å². The molecule has 0 unspecified atom stereocenters. The Hall–Kier alpha value is -5.34. The minimum Gasteiger partial charge on any atom is -0.310 e. The van der Waals surface area contributed by atoms with Crippen LogP contribution in [0.1, 0.15) is 40.3 Å². The summed E-state index contributed by atoms with van der Waals surface area (Å²) in [6, 6.07) is 52.2. The first kappa shape index (κ1) is 29.7. The van der Waals surface area contributed by atoms with Gasteiger partial charge in [0.15, 0.2) is 0 Å². The van der Waals surface area contributed by atoms with Gasteiger partial charge in [0.05, 0.1) is 0 Å². The molecule has 0 fully saturated rings. The maximum Gasteiger partial charge on any atom is 0.0464 e. The lowest BCUT2D eigenvalue weighted by Gasteiger charge is -2.26. The second kappa shape index (κ2) is 13.1. The number of rotatable bonds is 8. The topological polar surface area (TPSA) is 6.48 Å². The van der Waals surface area contributed by atoms with Gasteiger partial charge in [-0.15, -0.1) is 0 Å². The summed E-state index contributed by atoms with van der Waals surface area (Å²) < 4.78 is 0. The minimum atomic E-state index is 1.14. The van der Waals surface area contributed by atoms with E-state index >= 15 is 0 Å². The van der Waals surface area contributed by atoms with Gasteiger partial charge in [-0.25, -0.2) is 0 Å². The van der Waals surface area contributed by atoms with Crippen LogP contribution in [0.4, 0.5) is 34.1 Å². The first-order valence-corrected chi connectivity index (χ1v) is 15.6. The maximum absolute atomic E-state index is 2.32. The van der Waals surface area contributed by atoms with Gasteiger partial charge in [-0.3, -0.25) is 0 Å². The number of hydrogen-bond donors (Lipinski definition) is 0. The highest BCUT2D eigenvalue weighted by atomic mass is 15.1. The summed E-state index contributed by atoms with van der Waals surface area (Å²) >= 11 is 0. The molecule has 2 nitrogen and oxygen atoms in total. The average molecular weight is 585 g/mol. The van der Waals surface area contributed by atoms with Gasteiger partial charge in [-0.1, -0.05) is 78.9 Å². The Balaban J connectivity index is 1.27. The number of anilines is 6. The summed E-state index contributed by atoms with van der Waals surface area (Å²) in [6.07, 6.45) is 2.26. The summed E-state index contributed by atoms with van der Waals surface area (Å²) in [6.45, 7) is 10.9. The van der Waals surface area contributed by atoms with Crippen LogP contribution in [0, 0.1) is 27.7 Å². The maximum atomic E-state index is 2.32. The highest BCUT2D eigenvalue weighted by molar-refractivity contribution is 5.84. The van der Waals surface area contributed by atoms with Crippen LogP contribution < -0.4 is 9.80 Å². The van der Waals surface area contributed by atoms with Crippen molar-refractivity contribution < 1.29 is 0 Å². The lowest BCUT2D eigenvalue weighted by molar-refractivity contribution is 1.25. The molecule has 0 N–H and O–H groups in total. The molecular weight excluding hydrogens is 544 g/mol. The van der Waals surface area contributed by atoms with E-state index in [-0.39, 0.29) is 0 Å². The lowest BCUT2D eigenvalue weighted by atomic mass is 10.0. The Morgan fingerprint density at radius 2 is 0.778 bits per heavy atom. The molecule has 6 aromatic carbocycles. The lowest BCUT2D eigenvalue weighted by Crippen LogP contribution is -2.10. The zero-order valence-electron chi connectivity index (χ0n) is 26.8. The monoisotopic (exact) mass is 584 g/mol. The summed E-state index contributed by atoms with van der Waals surface area (Å²) in [5.74, 6) is 0. The Bertz CT molecular complexity index is 1920. The van der Waals surface area contributed by atoms with E-state index in [9.17, 15) is 0 Å². The smallest absolute Gasteiger partial charge is 0.0464 e. The van der Waals surface area contributed by atoms with E-state index in [0.717, 1.165) is 34.1 Å². The third-order valence-electron chi connectivity index (χ3n) is 8.64. The molecule has 0 saturated heterocycles. The van der Waals surface area contributed by atoms with Crippen molar-refractivity contribution in [3.8, 4) is 0 Å². The van der Waals surface area contributed by atoms with Crippen LogP contribution in [0.5, 0.6) is 0 Å². The molecule has 222 valence electrons. The molecule has 0 bridgehead atoms. The number of nitrogens with zero attached hydrogens (tertiary/aromatic N) is 2. The van der Waals surface area contributed by atoms with Crippen LogP contribution in [-0.4, -0.2) is 0 Å². The summed E-state index contributed by atoms with van der Waals surface area (Å²) in [4.78, 5) is 4.64. The summed E-state index contributed by atoms with van der Waals surface area (Å²) in [5.41, 5.74) is 15.7. The van der Waals surface area contributed by atoms with Crippen molar-refractivity contribution in [2.75, 3.05) is 9.80 Å². The van der Waals surface area contributed by atoms with E-state index in [1.165, 1.54) is 39.0 Å². The quantitative estimate of drug-likeness (QED) is 0.164. The second-order valence-corrected chi connectivity index (χ2v) is 11.8. The molecule has 0 aliphatic rings. The van der Waals surface area contributed by atoms with Crippen molar-refractivity contribution in [1.29, 1.82) is 0 Å². The highest BCUT2D eigenvalue weighted by Crippen LogP contribution is 2.37. The zero-order chi connectivity index (χ0) is 31.3. The number of para-hydroxylation sites is 2. The van der Waals surface area contributed by atoms with Gasteiger partial charge in [-0.2, -0.15) is 0 Å². The largest absolute Gasteiger partial charge is 0.310 e. The van der Waals surface area contributed by atoms with Gasteiger partial charge in [-0.05, 0) is 146 Å². The number of allylic oxidation sites excluding steroid dienone is 1. The molecule has 0 aromatic heterocycles. The first-order valence-electron chi connectivity index (χ1n) is 15.6. The molecule has 0 atom stereocenters. The number of aryl methyl sites for hydroxylation is 4. The van der Waals surface area contributed by atoms with Gasteiger partial charge in [0, 0.05) is 34.1 Å². The van der Waals surface area contributed by atoms with Crippen LogP contribution in [0.15, 0.2) is 146 Å². The molecule has 45 heavy (non-hydrogen) atoms. The number of hydrogen-bond acceptors (Lipinski definition) is 2. The van der Waals surface area contributed by atoms with Crippen molar-refractivity contribution in [3.63, 3.8) is 0 Å². The third-order valence-corrected chi connectivity index (χ3v) is 8.64. The molecule has 6 rings (SSSR count). The molecule has 0 saturated carbocycles. The van der Waals surface area contributed by atoms with E-state index in [1.54, 1.807) is 0 Å². The van der Waals surface area contributed by atoms with E-state index in [4.69, 9.17) is 0 Å². The Morgan fingerprint density at radius 1 is 0.400 bits per heavy atom. The summed E-state index contributed by atoms with van der Waals surface area (Å²) in [5, 5.41) is 0. The normalized spacial score (nSPS) is 11.4. The van der Waals surface area contributed by atoms with Crippen molar-refractivity contribution in [1.82, 2.24) is 0 Å². The van der Waals surface area contributed by atoms with Crippen molar-refractivity contribution in [3.05, 3.63) is 179 Å². The van der Waals surface area contributed by atoms with Gasteiger partial charge >= 0.3 is 0 Å². The minimum absolute atomic E-state index is 1.14. The fraction of sp³-hybridized carbons (Fsp3) is 0.116. The molecule has 0 spiro atoms. The fourth-order valence-electron chi connectivity index (χ4n) is 5.70. The van der Waals surface area contributed by atoms with Crippen LogP contribution >= 0.6 is 0 Å². The highest BCUT2D eigenvalue weighted by Gasteiger charge is 2.14. The van der Waals surface area contributed by atoms with Gasteiger partial charge in [0.2, 0.25) is 0 Å². The van der Waals surface area contributed by atoms with Crippen LogP contribution in [-0.2, 0) is 0 Å². The van der Waals surface area contributed by atoms with Crippen molar-refractivity contribution in [2.45, 2.75) is 34.6 Å². The molecule has 6 aromatic rings. The fourth-order valence-corrected chi connectivity index (χ4v) is 5.70. The van der Waals surface area contributed by atoms with E-state index in [0.29, 0.717) is 0 Å². The van der Waals surface area contributed by atoms with Crippen molar-refractivity contribution >= 4 is 45.8 Å². The van der Waals surface area contributed by atoms with Crippen LogP contribution in [0.3, 0.4) is 0 Å². The van der Waals surface area contributed by atoms with E-state index < -0.39 is 0 Å². The Labute approximate surface area is 268 Å². The Morgan fingerprint density at radius 3 is 1.20 bits per heavy atom. The van der Waals surface area contributed by atoms with Crippen LogP contribution in [0.25, 0.3) is 11.6 Å². The Kier molecular flexibility index (Phi) is 8.66. The van der Waals surface area contributed by atoms with E-state index in [2.05, 4.69) is 196 Å². The van der Waals surface area contributed by atoms with Gasteiger partial charge < -0.3 is 9.80 Å². The molecule has 2 heteroatoms. The van der Waals surface area contributed by atoms with Gasteiger partial charge in [0.1, 0.15) is 0 Å². The average Bonchev–Trinajstić information content (AvgIpc) is 3.07. The van der Waals surface area contributed by atoms with Crippen LogP contribution in [0.2, 0.25) is 0 Å². The third kappa shape index (κ3) is 6.61. The molecule has 0 aliphatic carbocycles. The first-order chi connectivity index (χ1) is 21.9. The molecule has 0 aliphatic heterocycles. The van der Waals surface area contributed by atoms with E-state index in [1.807, 2.05) is 0 Å². The molecule has 0 amide bonds. The standard InChI is InChI=1S/C43H40N2/c1-31-16-22-42(29-33(31)3)44(38-12-8-6-9-13-38)40-24-18-36(19-25-40)28-35(5)37-20-26-41(27-21-37)45(39-14-10-7-11-15-39)43-23-17-32(2)34(4)30-43/h6-30H,1-5H3/b35-28+. The number of benzene rings is 6. The second-order valence-electron chi connectivity index (χ2n) is 11.8. The molecular formula is C43H40N2. The predicted molar refractivity (Wildman–Crippen MR) is 195 cm³/mol. The van der Waals surface area contributed by atoms with Crippen molar-refractivity contribution in [2.24, 2.45) is 0 Å². The molecule has 0 radical (unpaired) electrons. The summed E-state index contributed by atoms with van der Waals surface area (Å²) in [7, 11) is 0.